The third-order valence-electron chi connectivity index (χ3n) is 4.72. The highest BCUT2D eigenvalue weighted by Crippen LogP contribution is 2.42. The molecular formula is C21H15Cl3F3N3O3S. The van der Waals surface area contributed by atoms with Crippen molar-refractivity contribution in [3.63, 3.8) is 0 Å². The average Bonchev–Trinajstić information content (AvgIpc) is 3.38. The number of halogens is 6. The number of hydrogen-bond acceptors (Lipinski definition) is 5. The van der Waals surface area contributed by atoms with Gasteiger partial charge in [-0.3, -0.25) is 9.59 Å². The van der Waals surface area contributed by atoms with Crippen LogP contribution < -0.4 is 10.6 Å². The monoisotopic (exact) mass is 551 g/mol. The summed E-state index contributed by atoms with van der Waals surface area (Å²) in [7, 11) is 0. The van der Waals surface area contributed by atoms with Crippen LogP contribution in [-0.4, -0.2) is 36.8 Å². The summed E-state index contributed by atoms with van der Waals surface area (Å²) in [4.78, 5) is 30.4. The van der Waals surface area contributed by atoms with E-state index in [0.717, 1.165) is 11.3 Å². The summed E-state index contributed by atoms with van der Waals surface area (Å²) in [6.45, 7) is -0.420. The Morgan fingerprint density at radius 2 is 1.88 bits per heavy atom. The zero-order valence-electron chi connectivity index (χ0n) is 17.3. The van der Waals surface area contributed by atoms with Crippen molar-refractivity contribution in [1.29, 1.82) is 0 Å². The van der Waals surface area contributed by atoms with E-state index in [2.05, 4.69) is 16.4 Å². The van der Waals surface area contributed by atoms with Crippen LogP contribution in [-0.2, 0) is 15.2 Å². The number of aryl methyl sites for hydroxylation is 1. The number of alkyl halides is 3. The molecule has 0 saturated heterocycles. The molecule has 0 spiro atoms. The highest BCUT2D eigenvalue weighted by atomic mass is 35.5. The molecule has 1 atom stereocenters. The summed E-state index contributed by atoms with van der Waals surface area (Å²) < 4.78 is 36.5. The molecule has 3 rings (SSSR count). The summed E-state index contributed by atoms with van der Waals surface area (Å²) in [5.74, 6) is 0.990. The number of nitrogens with zero attached hydrogens (tertiary/aromatic N) is 1. The van der Waals surface area contributed by atoms with Gasteiger partial charge in [0.1, 0.15) is 12.3 Å². The van der Waals surface area contributed by atoms with Gasteiger partial charge >= 0.3 is 6.18 Å². The topological polar surface area (TPSA) is 79.8 Å². The fourth-order valence-corrected chi connectivity index (χ4v) is 4.69. The van der Waals surface area contributed by atoms with Gasteiger partial charge in [-0.2, -0.15) is 13.2 Å². The maximum absolute atomic E-state index is 12.5. The van der Waals surface area contributed by atoms with E-state index < -0.39 is 36.7 Å². The SMILES string of the molecule is C#C[C@@]1(c2cc(Cl)c(Cl)c(Cl)c2)CC(c2cc(C)c(C(=O)NCC(=O)NCC(F)(F)F)s2)=NO1. The maximum atomic E-state index is 12.5. The molecule has 0 unspecified atom stereocenters. The van der Waals surface area contributed by atoms with Gasteiger partial charge in [0.05, 0.1) is 37.8 Å². The van der Waals surface area contributed by atoms with Crippen LogP contribution in [0, 0.1) is 19.3 Å². The van der Waals surface area contributed by atoms with Gasteiger partial charge in [-0.15, -0.1) is 17.8 Å². The summed E-state index contributed by atoms with van der Waals surface area (Å²) >= 11 is 19.3. The van der Waals surface area contributed by atoms with Gasteiger partial charge in [0.2, 0.25) is 11.5 Å². The predicted molar refractivity (Wildman–Crippen MR) is 125 cm³/mol. The first-order valence-corrected chi connectivity index (χ1v) is 11.4. The summed E-state index contributed by atoms with van der Waals surface area (Å²) in [5.41, 5.74) is 0.232. The smallest absolute Gasteiger partial charge is 0.370 e. The second-order valence-electron chi connectivity index (χ2n) is 7.23. The van der Waals surface area contributed by atoms with Gasteiger partial charge in [-0.05, 0) is 30.7 Å². The van der Waals surface area contributed by atoms with Crippen molar-refractivity contribution < 1.29 is 27.6 Å². The summed E-state index contributed by atoms with van der Waals surface area (Å²) in [6.07, 6.45) is 1.35. The van der Waals surface area contributed by atoms with Crippen molar-refractivity contribution >= 4 is 63.7 Å². The minimum Gasteiger partial charge on any atom is -0.370 e. The second kappa shape index (κ2) is 10.0. The minimum absolute atomic E-state index is 0.151. The van der Waals surface area contributed by atoms with Gasteiger partial charge in [-0.1, -0.05) is 45.9 Å². The van der Waals surface area contributed by atoms with E-state index in [9.17, 15) is 22.8 Å². The van der Waals surface area contributed by atoms with E-state index in [1.54, 1.807) is 18.3 Å². The fourth-order valence-electron chi connectivity index (χ4n) is 3.02. The quantitative estimate of drug-likeness (QED) is 0.388. The van der Waals surface area contributed by atoms with Crippen molar-refractivity contribution in [2.75, 3.05) is 13.1 Å². The zero-order valence-corrected chi connectivity index (χ0v) is 20.4. The predicted octanol–water partition coefficient (Wildman–Crippen LogP) is 5.08. The number of rotatable bonds is 6. The average molecular weight is 553 g/mol. The minimum atomic E-state index is -4.54. The van der Waals surface area contributed by atoms with Gasteiger partial charge in [0.25, 0.3) is 5.91 Å². The number of terminal acetylenes is 1. The largest absolute Gasteiger partial charge is 0.405 e. The van der Waals surface area contributed by atoms with Crippen molar-refractivity contribution in [3.05, 3.63) is 54.1 Å². The Kier molecular flexibility index (Phi) is 7.72. The van der Waals surface area contributed by atoms with Crippen LogP contribution in [0.4, 0.5) is 13.2 Å². The van der Waals surface area contributed by atoms with Gasteiger partial charge < -0.3 is 15.5 Å². The first-order chi connectivity index (χ1) is 15.8. The number of oxime groups is 1. The molecule has 0 radical (unpaired) electrons. The molecule has 1 aliphatic rings. The fraction of sp³-hybridized carbons (Fsp3) is 0.286. The molecule has 180 valence electrons. The van der Waals surface area contributed by atoms with E-state index >= 15 is 0 Å². The van der Waals surface area contributed by atoms with E-state index in [4.69, 9.17) is 46.1 Å². The molecular weight excluding hydrogens is 538 g/mol. The molecule has 2 aromatic rings. The molecule has 6 nitrogen and oxygen atoms in total. The third-order valence-corrected chi connectivity index (χ3v) is 7.20. The van der Waals surface area contributed by atoms with E-state index in [1.807, 2.05) is 0 Å². The Balaban J connectivity index is 1.71. The highest BCUT2D eigenvalue weighted by molar-refractivity contribution is 7.16. The molecule has 2 amide bonds. The van der Waals surface area contributed by atoms with Crippen LogP contribution in [0.15, 0.2) is 23.4 Å². The standard InChI is InChI=1S/C21H15Cl3F3N3O3S/c1-3-20(11-5-12(22)17(24)13(23)6-11)7-14(30-33-20)15-4-10(2)18(34-15)19(32)28-8-16(31)29-9-21(25,26)27/h1,4-6H,7-9H2,2H3,(H,28,32)(H,29,31)/t20-/m0/s1. The molecule has 1 aliphatic heterocycles. The molecule has 2 N–H and O–H groups in total. The molecule has 0 saturated carbocycles. The van der Waals surface area contributed by atoms with Crippen molar-refractivity contribution in [2.24, 2.45) is 5.16 Å². The van der Waals surface area contributed by atoms with Crippen molar-refractivity contribution in [2.45, 2.75) is 25.1 Å². The number of amides is 2. The van der Waals surface area contributed by atoms with Crippen LogP contribution in [0.1, 0.15) is 32.1 Å². The summed E-state index contributed by atoms with van der Waals surface area (Å²) in [5, 5.41) is 8.63. The Morgan fingerprint density at radius 3 is 2.47 bits per heavy atom. The van der Waals surface area contributed by atoms with E-state index in [1.165, 1.54) is 12.1 Å². The van der Waals surface area contributed by atoms with Crippen LogP contribution >= 0.6 is 46.1 Å². The number of thiophene rings is 1. The summed E-state index contributed by atoms with van der Waals surface area (Å²) in [6, 6.07) is 4.77. The van der Waals surface area contributed by atoms with Gasteiger partial charge in [0, 0.05) is 5.56 Å². The normalized spacial score (nSPS) is 17.5. The zero-order chi connectivity index (χ0) is 25.3. The van der Waals surface area contributed by atoms with Gasteiger partial charge in [-0.25, -0.2) is 0 Å². The molecule has 2 heterocycles. The number of carbonyl (C=O) groups excluding carboxylic acids is 2. The van der Waals surface area contributed by atoms with E-state index in [-0.39, 0.29) is 26.4 Å². The van der Waals surface area contributed by atoms with Crippen LogP contribution in [0.3, 0.4) is 0 Å². The Hall–Kier alpha value is -2.45. The lowest BCUT2D eigenvalue weighted by atomic mass is 9.89. The number of hydrogen-bond donors (Lipinski definition) is 2. The first kappa shape index (κ1) is 26.2. The highest BCUT2D eigenvalue weighted by Gasteiger charge is 2.41. The molecule has 1 aromatic carbocycles. The lowest BCUT2D eigenvalue weighted by molar-refractivity contribution is -0.137. The number of benzene rings is 1. The number of carbonyl (C=O) groups is 2. The van der Waals surface area contributed by atoms with Crippen LogP contribution in [0.5, 0.6) is 0 Å². The van der Waals surface area contributed by atoms with Crippen LogP contribution in [0.2, 0.25) is 15.1 Å². The van der Waals surface area contributed by atoms with Gasteiger partial charge in [0.15, 0.2) is 0 Å². The Bertz CT molecular complexity index is 1200. The molecule has 34 heavy (non-hydrogen) atoms. The molecule has 0 aliphatic carbocycles. The number of nitrogens with one attached hydrogen (secondary N) is 2. The lowest BCUT2D eigenvalue weighted by Gasteiger charge is -2.21. The third kappa shape index (κ3) is 5.78. The van der Waals surface area contributed by atoms with Crippen molar-refractivity contribution in [1.82, 2.24) is 10.6 Å². The molecule has 13 heteroatoms. The maximum Gasteiger partial charge on any atom is 0.405 e. The van der Waals surface area contributed by atoms with Crippen molar-refractivity contribution in [3.8, 4) is 12.3 Å². The first-order valence-electron chi connectivity index (χ1n) is 9.45. The Labute approximate surface area is 211 Å². The lowest BCUT2D eigenvalue weighted by Crippen LogP contribution is -2.40. The van der Waals surface area contributed by atoms with Crippen LogP contribution in [0.25, 0.3) is 0 Å². The Morgan fingerprint density at radius 1 is 1.24 bits per heavy atom. The van der Waals surface area contributed by atoms with E-state index in [0.29, 0.717) is 21.7 Å². The molecule has 1 aromatic heterocycles. The molecule has 0 bridgehead atoms. The second-order valence-corrected chi connectivity index (χ2v) is 9.47. The molecule has 0 fully saturated rings.